The summed E-state index contributed by atoms with van der Waals surface area (Å²) in [4.78, 5) is 19.6. The van der Waals surface area contributed by atoms with Gasteiger partial charge in [-0.2, -0.15) is 0 Å². The summed E-state index contributed by atoms with van der Waals surface area (Å²) in [6.45, 7) is 0.327. The van der Waals surface area contributed by atoms with E-state index in [-0.39, 0.29) is 5.56 Å². The average molecular weight is 285 g/mol. The minimum Gasteiger partial charge on any atom is -0.378 e. The molecule has 2 aromatic heterocycles. The van der Waals surface area contributed by atoms with Gasteiger partial charge in [0.25, 0.3) is 5.56 Å². The van der Waals surface area contributed by atoms with Gasteiger partial charge in [-0.3, -0.25) is 9.89 Å². The number of aromatic amines is 1. The lowest BCUT2D eigenvalue weighted by molar-refractivity contribution is 0.180. The van der Waals surface area contributed by atoms with Crippen molar-refractivity contribution in [3.8, 4) is 5.82 Å². The predicted molar refractivity (Wildman–Crippen MR) is 60.4 cm³/mol. The minimum absolute atomic E-state index is 0.203. The van der Waals surface area contributed by atoms with Gasteiger partial charge in [0.1, 0.15) is 10.8 Å². The number of methoxy groups -OCH3 is 1. The van der Waals surface area contributed by atoms with Crippen LogP contribution in [0, 0.1) is 0 Å². The van der Waals surface area contributed by atoms with Gasteiger partial charge in [-0.1, -0.05) is 0 Å². The van der Waals surface area contributed by atoms with E-state index < -0.39 is 0 Å². The van der Waals surface area contributed by atoms with Gasteiger partial charge in [-0.25, -0.2) is 14.6 Å². The first-order valence-electron chi connectivity index (χ1n) is 4.48. The van der Waals surface area contributed by atoms with Crippen LogP contribution in [-0.4, -0.2) is 26.9 Å². The highest BCUT2D eigenvalue weighted by Crippen LogP contribution is 2.12. The largest absolute Gasteiger partial charge is 0.378 e. The normalized spacial score (nSPS) is 10.6. The number of hydrogen-bond acceptors (Lipinski definition) is 4. The lowest BCUT2D eigenvalue weighted by Crippen LogP contribution is -2.15. The van der Waals surface area contributed by atoms with E-state index in [1.54, 1.807) is 19.4 Å². The summed E-state index contributed by atoms with van der Waals surface area (Å²) < 4.78 is 6.75. The van der Waals surface area contributed by atoms with Gasteiger partial charge in [0, 0.05) is 19.4 Å². The van der Waals surface area contributed by atoms with Crippen molar-refractivity contribution in [1.82, 2.24) is 19.7 Å². The number of hydrogen-bond donors (Lipinski definition) is 1. The Labute approximate surface area is 99.4 Å². The molecular formula is C9H9BrN4O2. The second-order valence-electron chi connectivity index (χ2n) is 3.05. The van der Waals surface area contributed by atoms with Gasteiger partial charge in [0.05, 0.1) is 12.3 Å². The first-order valence-corrected chi connectivity index (χ1v) is 5.28. The topological polar surface area (TPSA) is 72.8 Å². The second kappa shape index (κ2) is 4.58. The highest BCUT2D eigenvalue weighted by atomic mass is 79.9. The Balaban J connectivity index is 2.51. The molecule has 0 aromatic carbocycles. The van der Waals surface area contributed by atoms with Crippen LogP contribution in [0.1, 0.15) is 5.69 Å². The molecule has 6 nitrogen and oxygen atoms in total. The van der Waals surface area contributed by atoms with Gasteiger partial charge >= 0.3 is 0 Å². The molecular weight excluding hydrogens is 276 g/mol. The van der Waals surface area contributed by atoms with Crippen molar-refractivity contribution in [3.63, 3.8) is 0 Å². The second-order valence-corrected chi connectivity index (χ2v) is 3.84. The molecule has 0 unspecified atom stereocenters. The van der Waals surface area contributed by atoms with E-state index in [9.17, 15) is 4.79 Å². The van der Waals surface area contributed by atoms with Crippen molar-refractivity contribution in [1.29, 1.82) is 0 Å². The third kappa shape index (κ3) is 1.91. The molecule has 16 heavy (non-hydrogen) atoms. The highest BCUT2D eigenvalue weighted by Gasteiger charge is 2.12. The number of halogens is 1. The maximum absolute atomic E-state index is 11.8. The van der Waals surface area contributed by atoms with E-state index in [1.807, 2.05) is 0 Å². The Hall–Kier alpha value is -1.47. The zero-order valence-electron chi connectivity index (χ0n) is 8.48. The summed E-state index contributed by atoms with van der Waals surface area (Å²) in [7, 11) is 1.56. The molecule has 2 rings (SSSR count). The van der Waals surface area contributed by atoms with Gasteiger partial charge in [-0.15, -0.1) is 0 Å². The predicted octanol–water partition coefficient (Wildman–Crippen LogP) is 0.865. The number of H-pyrrole nitrogens is 1. The van der Waals surface area contributed by atoms with Crippen LogP contribution in [0.3, 0.4) is 0 Å². The van der Waals surface area contributed by atoms with Crippen molar-refractivity contribution < 1.29 is 4.74 Å². The van der Waals surface area contributed by atoms with Crippen molar-refractivity contribution in [2.75, 3.05) is 7.11 Å². The molecule has 0 saturated heterocycles. The fraction of sp³-hybridized carbons (Fsp3) is 0.222. The van der Waals surface area contributed by atoms with Crippen LogP contribution in [0.2, 0.25) is 0 Å². The van der Waals surface area contributed by atoms with E-state index in [4.69, 9.17) is 4.74 Å². The molecule has 0 spiro atoms. The third-order valence-corrected chi connectivity index (χ3v) is 2.80. The zero-order valence-corrected chi connectivity index (χ0v) is 10.1. The van der Waals surface area contributed by atoms with Crippen LogP contribution in [0.25, 0.3) is 5.82 Å². The van der Waals surface area contributed by atoms with Crippen LogP contribution in [0.15, 0.2) is 27.9 Å². The minimum atomic E-state index is -0.203. The molecule has 2 heterocycles. The fourth-order valence-electron chi connectivity index (χ4n) is 1.28. The average Bonchev–Trinajstić information content (AvgIpc) is 2.59. The Morgan fingerprint density at radius 2 is 2.44 bits per heavy atom. The van der Waals surface area contributed by atoms with Gasteiger partial charge < -0.3 is 4.74 Å². The first-order chi connectivity index (χ1) is 7.74. The molecule has 84 valence electrons. The summed E-state index contributed by atoms with van der Waals surface area (Å²) in [6, 6.07) is 1.64. The van der Waals surface area contributed by atoms with E-state index in [0.717, 1.165) is 0 Å². The van der Waals surface area contributed by atoms with Gasteiger partial charge in [0.15, 0.2) is 5.82 Å². The molecule has 0 amide bonds. The van der Waals surface area contributed by atoms with Crippen molar-refractivity contribution in [2.24, 2.45) is 0 Å². The molecule has 0 fully saturated rings. The van der Waals surface area contributed by atoms with Crippen LogP contribution >= 0.6 is 15.9 Å². The highest BCUT2D eigenvalue weighted by molar-refractivity contribution is 9.10. The van der Waals surface area contributed by atoms with Gasteiger partial charge in [0.2, 0.25) is 0 Å². The van der Waals surface area contributed by atoms with Crippen LogP contribution in [0.4, 0.5) is 0 Å². The van der Waals surface area contributed by atoms with E-state index >= 15 is 0 Å². The summed E-state index contributed by atoms with van der Waals surface area (Å²) in [6.07, 6.45) is 2.95. The van der Waals surface area contributed by atoms with Crippen LogP contribution in [-0.2, 0) is 11.3 Å². The lowest BCUT2D eigenvalue weighted by Gasteiger charge is -1.98. The number of aromatic nitrogens is 4. The van der Waals surface area contributed by atoms with E-state index in [2.05, 4.69) is 31.0 Å². The maximum Gasteiger partial charge on any atom is 0.287 e. The lowest BCUT2D eigenvalue weighted by atomic mass is 10.5. The molecule has 0 aliphatic carbocycles. The Morgan fingerprint density at radius 3 is 3.06 bits per heavy atom. The molecule has 0 saturated carbocycles. The quantitative estimate of drug-likeness (QED) is 0.908. The monoisotopic (exact) mass is 284 g/mol. The summed E-state index contributed by atoms with van der Waals surface area (Å²) >= 11 is 3.21. The number of nitrogens with one attached hydrogen (secondary N) is 1. The fourth-order valence-corrected chi connectivity index (χ4v) is 1.66. The number of rotatable bonds is 3. The number of nitrogens with zero attached hydrogens (tertiary/aromatic N) is 3. The Bertz CT molecular complexity index is 534. The van der Waals surface area contributed by atoms with Gasteiger partial charge in [-0.05, 0) is 15.9 Å². The van der Waals surface area contributed by atoms with E-state index in [1.165, 1.54) is 11.0 Å². The van der Waals surface area contributed by atoms with Crippen LogP contribution < -0.4 is 5.56 Å². The molecule has 0 bridgehead atoms. The SMILES string of the molecule is COCc1[nH]n(-c2ccncn2)c(=O)c1Br. The van der Waals surface area contributed by atoms with Crippen molar-refractivity contribution >= 4 is 15.9 Å². The molecule has 0 aliphatic heterocycles. The van der Waals surface area contributed by atoms with E-state index in [0.29, 0.717) is 22.6 Å². The number of ether oxygens (including phenoxy) is 1. The van der Waals surface area contributed by atoms with Crippen molar-refractivity contribution in [2.45, 2.75) is 6.61 Å². The Kier molecular flexibility index (Phi) is 3.16. The molecule has 0 aliphatic rings. The maximum atomic E-state index is 11.8. The summed E-state index contributed by atoms with van der Waals surface area (Å²) in [5.41, 5.74) is 0.469. The summed E-state index contributed by atoms with van der Waals surface area (Å²) in [5.74, 6) is 0.489. The first kappa shape index (κ1) is 11.0. The zero-order chi connectivity index (χ0) is 11.5. The molecule has 2 aromatic rings. The Morgan fingerprint density at radius 1 is 1.62 bits per heavy atom. The van der Waals surface area contributed by atoms with Crippen molar-refractivity contribution in [3.05, 3.63) is 39.1 Å². The molecule has 1 N–H and O–H groups in total. The standard InChI is InChI=1S/C9H9BrN4O2/c1-16-4-6-8(10)9(15)14(13-6)7-2-3-11-5-12-7/h2-3,5,13H,4H2,1H3. The third-order valence-electron chi connectivity index (χ3n) is 1.99. The smallest absolute Gasteiger partial charge is 0.287 e. The molecule has 7 heteroatoms. The summed E-state index contributed by atoms with van der Waals surface area (Å²) in [5, 5.41) is 2.91. The van der Waals surface area contributed by atoms with Crippen LogP contribution in [0.5, 0.6) is 0 Å². The molecule has 0 atom stereocenters. The molecule has 0 radical (unpaired) electrons.